The number of ether oxygens (including phenoxy) is 1. The molecule has 2 aromatic carbocycles. The van der Waals surface area contributed by atoms with Crippen LogP contribution in [-0.4, -0.2) is 25.0 Å². The Morgan fingerprint density at radius 3 is 2.71 bits per heavy atom. The van der Waals surface area contributed by atoms with Crippen molar-refractivity contribution in [3.05, 3.63) is 82.3 Å². The Morgan fingerprint density at radius 2 is 2.00 bits per heavy atom. The minimum absolute atomic E-state index is 0.161. The maximum Gasteiger partial charge on any atom is 0.313 e. The third-order valence-electron chi connectivity index (χ3n) is 5.66. The molecule has 1 amide bonds. The number of fused-ring (bicyclic) bond motifs is 1. The van der Waals surface area contributed by atoms with Crippen LogP contribution in [0.2, 0.25) is 5.02 Å². The lowest BCUT2D eigenvalue weighted by Crippen LogP contribution is -2.34. The van der Waals surface area contributed by atoms with Gasteiger partial charge in [0.2, 0.25) is 0 Å². The van der Waals surface area contributed by atoms with E-state index in [2.05, 4.69) is 5.32 Å². The second-order valence-electron chi connectivity index (χ2n) is 7.58. The molecule has 0 radical (unpaired) electrons. The molecule has 0 bridgehead atoms. The number of aryl methyl sites for hydroxylation is 1. The number of para-hydroxylation sites is 1. The van der Waals surface area contributed by atoms with Crippen molar-refractivity contribution in [2.24, 2.45) is 5.92 Å². The second kappa shape index (κ2) is 8.55. The van der Waals surface area contributed by atoms with Crippen LogP contribution in [0.15, 0.2) is 59.0 Å². The molecule has 3 aromatic rings. The predicted octanol–water partition coefficient (Wildman–Crippen LogP) is 5.17. The van der Waals surface area contributed by atoms with E-state index in [9.17, 15) is 14.0 Å². The molecular formula is C24H21ClFNO4. The molecule has 1 aliphatic carbocycles. The van der Waals surface area contributed by atoms with Crippen LogP contribution in [0.1, 0.15) is 34.0 Å². The van der Waals surface area contributed by atoms with Gasteiger partial charge in [0.25, 0.3) is 5.91 Å². The number of methoxy groups -OCH3 is 1. The van der Waals surface area contributed by atoms with Crippen molar-refractivity contribution in [1.82, 2.24) is 5.32 Å². The van der Waals surface area contributed by atoms with Crippen LogP contribution in [0.4, 0.5) is 4.39 Å². The van der Waals surface area contributed by atoms with Crippen molar-refractivity contribution in [2.75, 3.05) is 7.11 Å². The molecule has 0 spiro atoms. The first-order valence-electron chi connectivity index (χ1n) is 9.89. The van der Waals surface area contributed by atoms with Gasteiger partial charge < -0.3 is 14.5 Å². The Hall–Kier alpha value is -3.12. The van der Waals surface area contributed by atoms with E-state index in [1.165, 1.54) is 25.3 Å². The first-order valence-corrected chi connectivity index (χ1v) is 10.3. The molecule has 0 aliphatic heterocycles. The largest absolute Gasteiger partial charge is 0.469 e. The van der Waals surface area contributed by atoms with E-state index in [0.29, 0.717) is 17.6 Å². The van der Waals surface area contributed by atoms with Gasteiger partial charge in [-0.3, -0.25) is 9.59 Å². The fraction of sp³-hybridized carbons (Fsp3) is 0.250. The van der Waals surface area contributed by atoms with Crippen molar-refractivity contribution >= 4 is 34.4 Å². The highest BCUT2D eigenvalue weighted by molar-refractivity contribution is 6.31. The Kier molecular flexibility index (Phi) is 5.83. The molecule has 3 atom stereocenters. The molecule has 1 heterocycles. The molecule has 1 N–H and O–H groups in total. The standard InChI is InChI=1S/C24H21ClFNO4/c1-13-17-5-3-4-6-20(17)31-22(13)23(28)27-16-9-7-14(11-16)21(24(29)30-2)18-10-8-15(26)12-19(18)25/h3-10,12,14,16,21H,11H2,1-2H3,(H,27,28)/t14-,16-,21+/m1/s1. The zero-order chi connectivity index (χ0) is 22.1. The zero-order valence-electron chi connectivity index (χ0n) is 17.0. The lowest BCUT2D eigenvalue weighted by atomic mass is 9.85. The van der Waals surface area contributed by atoms with Crippen molar-refractivity contribution in [3.8, 4) is 0 Å². The summed E-state index contributed by atoms with van der Waals surface area (Å²) in [6, 6.07) is 11.1. The average Bonchev–Trinajstić information content (AvgIpc) is 3.34. The lowest BCUT2D eigenvalue weighted by Gasteiger charge is -2.23. The summed E-state index contributed by atoms with van der Waals surface area (Å²) in [4.78, 5) is 25.3. The number of carbonyl (C=O) groups excluding carboxylic acids is 2. The van der Waals surface area contributed by atoms with Crippen LogP contribution >= 0.6 is 11.6 Å². The highest BCUT2D eigenvalue weighted by Gasteiger charge is 2.35. The number of carbonyl (C=O) groups is 2. The van der Waals surface area contributed by atoms with Crippen LogP contribution in [0, 0.1) is 18.7 Å². The Labute approximate surface area is 183 Å². The highest BCUT2D eigenvalue weighted by Crippen LogP contribution is 2.38. The molecule has 31 heavy (non-hydrogen) atoms. The third kappa shape index (κ3) is 4.08. The summed E-state index contributed by atoms with van der Waals surface area (Å²) in [5.41, 5.74) is 1.92. The van der Waals surface area contributed by atoms with Gasteiger partial charge in [-0.15, -0.1) is 0 Å². The first-order chi connectivity index (χ1) is 14.9. The van der Waals surface area contributed by atoms with E-state index < -0.39 is 17.7 Å². The fourth-order valence-electron chi connectivity index (χ4n) is 4.12. The second-order valence-corrected chi connectivity index (χ2v) is 7.99. The smallest absolute Gasteiger partial charge is 0.313 e. The van der Waals surface area contributed by atoms with Gasteiger partial charge in [0.15, 0.2) is 5.76 Å². The molecular weight excluding hydrogens is 421 g/mol. The number of rotatable bonds is 5. The Bertz CT molecular complexity index is 1190. The molecule has 5 nitrogen and oxygen atoms in total. The predicted molar refractivity (Wildman–Crippen MR) is 116 cm³/mol. The number of furan rings is 1. The summed E-state index contributed by atoms with van der Waals surface area (Å²) in [7, 11) is 1.30. The maximum atomic E-state index is 13.5. The summed E-state index contributed by atoms with van der Waals surface area (Å²) < 4.78 is 24.2. The van der Waals surface area contributed by atoms with Crippen LogP contribution in [0.3, 0.4) is 0 Å². The summed E-state index contributed by atoms with van der Waals surface area (Å²) in [5.74, 6) is -1.97. The van der Waals surface area contributed by atoms with Gasteiger partial charge in [-0.1, -0.05) is 48.0 Å². The number of allylic oxidation sites excluding steroid dienone is 1. The summed E-state index contributed by atoms with van der Waals surface area (Å²) in [6.07, 6.45) is 4.17. The number of amides is 1. The van der Waals surface area contributed by atoms with Crippen LogP contribution in [0.25, 0.3) is 11.0 Å². The SMILES string of the molecule is COC(=O)[C@H](c1ccc(F)cc1Cl)[C@@H]1C=C[C@@H](NC(=O)c2oc3ccccc3c2C)C1. The number of hydrogen-bond acceptors (Lipinski definition) is 4. The molecule has 1 aliphatic rings. The summed E-state index contributed by atoms with van der Waals surface area (Å²) in [5, 5.41) is 4.00. The van der Waals surface area contributed by atoms with Gasteiger partial charge in [-0.2, -0.15) is 0 Å². The number of esters is 1. The fourth-order valence-corrected chi connectivity index (χ4v) is 4.40. The van der Waals surface area contributed by atoms with Gasteiger partial charge in [0.05, 0.1) is 13.0 Å². The monoisotopic (exact) mass is 441 g/mol. The van der Waals surface area contributed by atoms with E-state index in [0.717, 1.165) is 10.9 Å². The normalized spacial score (nSPS) is 18.8. The quantitative estimate of drug-likeness (QED) is 0.438. The third-order valence-corrected chi connectivity index (χ3v) is 5.99. The van der Waals surface area contributed by atoms with Gasteiger partial charge in [-0.05, 0) is 43.0 Å². The van der Waals surface area contributed by atoms with Crippen molar-refractivity contribution in [3.63, 3.8) is 0 Å². The molecule has 1 aromatic heterocycles. The van der Waals surface area contributed by atoms with E-state index >= 15 is 0 Å². The molecule has 0 fully saturated rings. The number of nitrogens with one attached hydrogen (secondary N) is 1. The van der Waals surface area contributed by atoms with Gasteiger partial charge in [-0.25, -0.2) is 4.39 Å². The van der Waals surface area contributed by atoms with E-state index in [4.69, 9.17) is 20.8 Å². The average molecular weight is 442 g/mol. The Morgan fingerprint density at radius 1 is 1.23 bits per heavy atom. The Balaban J connectivity index is 1.52. The molecule has 160 valence electrons. The van der Waals surface area contributed by atoms with Crippen LogP contribution in [-0.2, 0) is 9.53 Å². The van der Waals surface area contributed by atoms with Gasteiger partial charge in [0.1, 0.15) is 11.4 Å². The number of halogens is 2. The van der Waals surface area contributed by atoms with Crippen LogP contribution in [0.5, 0.6) is 0 Å². The molecule has 0 unspecified atom stereocenters. The van der Waals surface area contributed by atoms with Gasteiger partial charge in [0, 0.05) is 22.0 Å². The van der Waals surface area contributed by atoms with Crippen LogP contribution < -0.4 is 5.32 Å². The van der Waals surface area contributed by atoms with E-state index in [1.54, 1.807) is 0 Å². The molecule has 0 saturated carbocycles. The lowest BCUT2D eigenvalue weighted by molar-refractivity contribution is -0.143. The molecule has 7 heteroatoms. The van der Waals surface area contributed by atoms with Gasteiger partial charge >= 0.3 is 5.97 Å². The topological polar surface area (TPSA) is 68.5 Å². The van der Waals surface area contributed by atoms with E-state index in [-0.39, 0.29) is 28.6 Å². The molecule has 0 saturated heterocycles. The number of hydrogen-bond donors (Lipinski definition) is 1. The highest BCUT2D eigenvalue weighted by atomic mass is 35.5. The summed E-state index contributed by atoms with van der Waals surface area (Å²) >= 11 is 6.21. The maximum absolute atomic E-state index is 13.5. The first kappa shape index (κ1) is 21.1. The number of benzene rings is 2. The van der Waals surface area contributed by atoms with Crippen molar-refractivity contribution < 1.29 is 23.1 Å². The minimum Gasteiger partial charge on any atom is -0.469 e. The van der Waals surface area contributed by atoms with Crippen molar-refractivity contribution in [1.29, 1.82) is 0 Å². The van der Waals surface area contributed by atoms with Crippen molar-refractivity contribution in [2.45, 2.75) is 25.3 Å². The van der Waals surface area contributed by atoms with E-state index in [1.807, 2.05) is 43.3 Å². The minimum atomic E-state index is -0.704. The summed E-state index contributed by atoms with van der Waals surface area (Å²) in [6.45, 7) is 1.85. The molecule has 4 rings (SSSR count). The zero-order valence-corrected chi connectivity index (χ0v) is 17.8.